The molecule has 0 spiro atoms. The zero-order valence-electron chi connectivity index (χ0n) is 8.83. The van der Waals surface area contributed by atoms with Crippen molar-refractivity contribution in [3.63, 3.8) is 0 Å². The van der Waals surface area contributed by atoms with Gasteiger partial charge in [0.1, 0.15) is 0 Å². The highest BCUT2D eigenvalue weighted by atomic mass is 35.5. The quantitative estimate of drug-likeness (QED) is 0.366. The molecule has 0 unspecified atom stereocenters. The molecule has 1 aromatic rings. The average molecular weight is 275 g/mol. The first-order valence-corrected chi connectivity index (χ1v) is 5.30. The molecule has 0 N–H and O–H groups in total. The fraction of sp³-hybridized carbons (Fsp3) is 0.182. The zero-order valence-corrected chi connectivity index (χ0v) is 10.3. The largest absolute Gasteiger partial charge is 0.463 e. The summed E-state index contributed by atoms with van der Waals surface area (Å²) in [4.78, 5) is 33.7. The van der Waals surface area contributed by atoms with Crippen molar-refractivity contribution in [3.8, 4) is 0 Å². The molecule has 0 radical (unpaired) electrons. The maximum atomic E-state index is 11.7. The van der Waals surface area contributed by atoms with Crippen molar-refractivity contribution in [2.75, 3.05) is 7.11 Å². The van der Waals surface area contributed by atoms with Gasteiger partial charge in [0, 0.05) is 10.6 Å². The number of rotatable bonds is 4. The van der Waals surface area contributed by atoms with Gasteiger partial charge in [-0.3, -0.25) is 9.59 Å². The highest BCUT2D eigenvalue weighted by Gasteiger charge is 2.20. The molecular weight excluding hydrogens is 267 g/mol. The molecule has 4 nitrogen and oxygen atoms in total. The number of hydrogen-bond acceptors (Lipinski definition) is 4. The maximum absolute atomic E-state index is 11.7. The molecule has 6 heteroatoms. The molecular formula is C11H8Cl2O4. The monoisotopic (exact) mass is 274 g/mol. The second-order valence-corrected chi connectivity index (χ2v) is 3.98. The summed E-state index contributed by atoms with van der Waals surface area (Å²) in [5.74, 6) is -2.56. The van der Waals surface area contributed by atoms with Crippen LogP contribution in [0.15, 0.2) is 18.2 Å². The number of Topliss-reactive ketones (excluding diaryl/α,β-unsaturated/α-hetero) is 2. The van der Waals surface area contributed by atoms with Crippen LogP contribution in [0.5, 0.6) is 0 Å². The van der Waals surface area contributed by atoms with Crippen molar-refractivity contribution in [1.29, 1.82) is 0 Å². The van der Waals surface area contributed by atoms with E-state index in [0.29, 0.717) is 5.02 Å². The minimum absolute atomic E-state index is 0.108. The van der Waals surface area contributed by atoms with Gasteiger partial charge in [-0.1, -0.05) is 23.2 Å². The summed E-state index contributed by atoms with van der Waals surface area (Å²) in [6, 6.07) is 4.30. The topological polar surface area (TPSA) is 60.4 Å². The summed E-state index contributed by atoms with van der Waals surface area (Å²) >= 11 is 11.5. The summed E-state index contributed by atoms with van der Waals surface area (Å²) in [6.07, 6.45) is -0.591. The van der Waals surface area contributed by atoms with E-state index in [-0.39, 0.29) is 10.6 Å². The van der Waals surface area contributed by atoms with E-state index >= 15 is 0 Å². The first kappa shape index (κ1) is 13.7. The van der Waals surface area contributed by atoms with Gasteiger partial charge in [0.05, 0.1) is 18.6 Å². The van der Waals surface area contributed by atoms with Crippen molar-refractivity contribution in [2.24, 2.45) is 0 Å². The fourth-order valence-corrected chi connectivity index (χ4v) is 1.53. The van der Waals surface area contributed by atoms with Gasteiger partial charge in [0.25, 0.3) is 0 Å². The third kappa shape index (κ3) is 3.54. The van der Waals surface area contributed by atoms with E-state index in [1.807, 2.05) is 0 Å². The Bertz CT molecular complexity index is 482. The Hall–Kier alpha value is -1.39. The Balaban J connectivity index is 2.87. The molecule has 0 aliphatic carbocycles. The molecule has 90 valence electrons. The van der Waals surface area contributed by atoms with Crippen LogP contribution in [-0.2, 0) is 14.3 Å². The lowest BCUT2D eigenvalue weighted by Gasteiger charge is -2.03. The van der Waals surface area contributed by atoms with Crippen LogP contribution in [0.3, 0.4) is 0 Å². The van der Waals surface area contributed by atoms with Crippen LogP contribution >= 0.6 is 23.2 Å². The molecule has 0 heterocycles. The highest BCUT2D eigenvalue weighted by molar-refractivity contribution is 6.40. The normalized spacial score (nSPS) is 9.82. The number of carbonyl (C=O) groups is 3. The minimum atomic E-state index is -1.06. The molecule has 0 aliphatic heterocycles. The first-order valence-electron chi connectivity index (χ1n) is 4.55. The molecule has 1 rings (SSSR count). The third-order valence-corrected chi connectivity index (χ3v) is 2.53. The Morgan fingerprint density at radius 1 is 1.24 bits per heavy atom. The van der Waals surface area contributed by atoms with Crippen LogP contribution in [0.2, 0.25) is 10.0 Å². The number of ether oxygens (including phenoxy) is 1. The molecule has 0 amide bonds. The summed E-state index contributed by atoms with van der Waals surface area (Å²) in [5, 5.41) is 0.500. The molecule has 0 fully saturated rings. The van der Waals surface area contributed by atoms with Crippen LogP contribution in [-0.4, -0.2) is 24.6 Å². The predicted molar refractivity (Wildman–Crippen MR) is 62.4 cm³/mol. The van der Waals surface area contributed by atoms with Gasteiger partial charge >= 0.3 is 5.97 Å². The second kappa shape index (κ2) is 5.80. The van der Waals surface area contributed by atoms with Gasteiger partial charge in [-0.15, -0.1) is 0 Å². The molecule has 0 bridgehead atoms. The average Bonchev–Trinajstić information content (AvgIpc) is 2.30. The van der Waals surface area contributed by atoms with Crippen LogP contribution in [0.25, 0.3) is 0 Å². The Labute approximate surface area is 107 Å². The van der Waals surface area contributed by atoms with E-state index in [1.54, 1.807) is 0 Å². The number of esters is 1. The Kier molecular flexibility index (Phi) is 4.66. The van der Waals surface area contributed by atoms with Crippen LogP contribution < -0.4 is 0 Å². The van der Waals surface area contributed by atoms with E-state index in [2.05, 4.69) is 4.74 Å². The minimum Gasteiger partial charge on any atom is -0.463 e. The maximum Gasteiger partial charge on any atom is 0.374 e. The lowest BCUT2D eigenvalue weighted by molar-refractivity contribution is -0.151. The van der Waals surface area contributed by atoms with Crippen molar-refractivity contribution in [2.45, 2.75) is 6.42 Å². The highest BCUT2D eigenvalue weighted by Crippen LogP contribution is 2.22. The van der Waals surface area contributed by atoms with E-state index in [0.717, 1.165) is 7.11 Å². The number of benzene rings is 1. The van der Waals surface area contributed by atoms with Gasteiger partial charge < -0.3 is 4.74 Å². The summed E-state index contributed by atoms with van der Waals surface area (Å²) in [5.41, 5.74) is 0.108. The smallest absolute Gasteiger partial charge is 0.374 e. The molecule has 0 atom stereocenters. The number of hydrogen-bond donors (Lipinski definition) is 0. The van der Waals surface area contributed by atoms with Crippen molar-refractivity contribution in [1.82, 2.24) is 0 Å². The number of carbonyl (C=O) groups excluding carboxylic acids is 3. The van der Waals surface area contributed by atoms with Gasteiger partial charge in [-0.05, 0) is 18.2 Å². The van der Waals surface area contributed by atoms with Gasteiger partial charge in [0.15, 0.2) is 5.78 Å². The van der Waals surface area contributed by atoms with Gasteiger partial charge in [0.2, 0.25) is 5.78 Å². The lowest BCUT2D eigenvalue weighted by Crippen LogP contribution is -2.19. The lowest BCUT2D eigenvalue weighted by atomic mass is 10.1. The van der Waals surface area contributed by atoms with Crippen molar-refractivity contribution < 1.29 is 19.1 Å². The van der Waals surface area contributed by atoms with Crippen LogP contribution in [0, 0.1) is 0 Å². The molecule has 0 aliphatic rings. The van der Waals surface area contributed by atoms with Crippen LogP contribution in [0.1, 0.15) is 16.8 Å². The Morgan fingerprint density at radius 3 is 2.47 bits per heavy atom. The Morgan fingerprint density at radius 2 is 1.88 bits per heavy atom. The molecule has 1 aromatic carbocycles. The zero-order chi connectivity index (χ0) is 13.0. The van der Waals surface area contributed by atoms with E-state index in [4.69, 9.17) is 23.2 Å². The summed E-state index contributed by atoms with van der Waals surface area (Å²) in [7, 11) is 1.07. The van der Waals surface area contributed by atoms with E-state index in [9.17, 15) is 14.4 Å². The van der Waals surface area contributed by atoms with E-state index in [1.165, 1.54) is 18.2 Å². The second-order valence-electron chi connectivity index (χ2n) is 3.14. The third-order valence-electron chi connectivity index (χ3n) is 1.96. The first-order chi connectivity index (χ1) is 7.95. The van der Waals surface area contributed by atoms with Gasteiger partial charge in [-0.25, -0.2) is 4.79 Å². The SMILES string of the molecule is COC(=O)C(=O)CC(=O)c1cc(Cl)ccc1Cl. The van der Waals surface area contributed by atoms with Crippen molar-refractivity contribution in [3.05, 3.63) is 33.8 Å². The predicted octanol–water partition coefficient (Wildman–Crippen LogP) is 2.31. The fourth-order valence-electron chi connectivity index (χ4n) is 1.14. The van der Waals surface area contributed by atoms with E-state index < -0.39 is 24.0 Å². The number of methoxy groups -OCH3 is 1. The number of ketones is 2. The molecule has 17 heavy (non-hydrogen) atoms. The number of halogens is 2. The summed E-state index contributed by atoms with van der Waals surface area (Å²) < 4.78 is 4.20. The van der Waals surface area contributed by atoms with Gasteiger partial charge in [-0.2, -0.15) is 0 Å². The standard InChI is InChI=1S/C11H8Cl2O4/c1-17-11(16)10(15)5-9(14)7-4-6(12)2-3-8(7)13/h2-4H,5H2,1H3. The molecule has 0 saturated carbocycles. The molecule has 0 saturated heterocycles. The van der Waals surface area contributed by atoms with Crippen LogP contribution in [0.4, 0.5) is 0 Å². The molecule has 0 aromatic heterocycles. The summed E-state index contributed by atoms with van der Waals surface area (Å²) in [6.45, 7) is 0. The van der Waals surface area contributed by atoms with Crippen molar-refractivity contribution >= 4 is 40.7 Å².